The Morgan fingerprint density at radius 1 is 1.26 bits per heavy atom. The van der Waals surface area contributed by atoms with E-state index in [1.54, 1.807) is 0 Å². The molecule has 0 bridgehead atoms. The Bertz CT molecular complexity index is 493. The lowest BCUT2D eigenvalue weighted by atomic mass is 9.93. The fourth-order valence-corrected chi connectivity index (χ4v) is 2.18. The van der Waals surface area contributed by atoms with Gasteiger partial charge in [0.25, 0.3) is 5.91 Å². The molecule has 0 unspecified atom stereocenters. The van der Waals surface area contributed by atoms with E-state index in [2.05, 4.69) is 10.3 Å². The molecule has 2 N–H and O–H groups in total. The maximum Gasteiger partial charge on any atom is 0.337 e. The van der Waals surface area contributed by atoms with Crippen molar-refractivity contribution in [1.82, 2.24) is 10.3 Å². The van der Waals surface area contributed by atoms with E-state index in [9.17, 15) is 14.0 Å². The molecule has 2 atom stereocenters. The van der Waals surface area contributed by atoms with Gasteiger partial charge in [-0.25, -0.2) is 9.18 Å². The van der Waals surface area contributed by atoms with Crippen LogP contribution < -0.4 is 5.32 Å². The highest BCUT2D eigenvalue weighted by molar-refractivity contribution is 5.97. The van der Waals surface area contributed by atoms with Gasteiger partial charge in [0.15, 0.2) is 0 Å². The number of carboxylic acid groups (broad SMARTS) is 1. The van der Waals surface area contributed by atoms with Crippen molar-refractivity contribution in [3.63, 3.8) is 0 Å². The van der Waals surface area contributed by atoms with E-state index in [-0.39, 0.29) is 11.1 Å². The molecule has 19 heavy (non-hydrogen) atoms. The van der Waals surface area contributed by atoms with Gasteiger partial charge in [0.05, 0.1) is 17.2 Å². The number of carboxylic acids is 1. The summed E-state index contributed by atoms with van der Waals surface area (Å²) in [6.45, 7) is 0. The van der Waals surface area contributed by atoms with Crippen LogP contribution in [0.1, 0.15) is 46.4 Å². The lowest BCUT2D eigenvalue weighted by molar-refractivity contribution is 0.0696. The first-order valence-corrected chi connectivity index (χ1v) is 6.21. The molecule has 0 aliphatic heterocycles. The van der Waals surface area contributed by atoms with Gasteiger partial charge in [-0.1, -0.05) is 12.8 Å². The second kappa shape index (κ2) is 5.77. The summed E-state index contributed by atoms with van der Waals surface area (Å²) in [6, 6.07) is 0.746. The molecule has 1 heterocycles. The molecular weight excluding hydrogens is 251 g/mol. The van der Waals surface area contributed by atoms with Crippen molar-refractivity contribution in [3.8, 4) is 0 Å². The number of alkyl halides is 1. The maximum absolute atomic E-state index is 13.6. The summed E-state index contributed by atoms with van der Waals surface area (Å²) in [7, 11) is 0. The first-order chi connectivity index (χ1) is 9.08. The Morgan fingerprint density at radius 2 is 1.95 bits per heavy atom. The Morgan fingerprint density at radius 3 is 2.63 bits per heavy atom. The standard InChI is InChI=1S/C13H15FN2O3/c14-10-3-1-2-4-11(10)16-12(17)8-5-9(13(18)19)7-15-6-8/h5-7,10-11H,1-4H2,(H,16,17)(H,18,19)/t10-,11-/m1/s1. The number of nitrogens with one attached hydrogen (secondary N) is 1. The molecule has 1 aromatic rings. The molecule has 0 saturated heterocycles. The topological polar surface area (TPSA) is 79.3 Å². The second-order valence-corrected chi connectivity index (χ2v) is 4.65. The number of rotatable bonds is 3. The number of hydrogen-bond donors (Lipinski definition) is 2. The zero-order valence-electron chi connectivity index (χ0n) is 10.3. The zero-order valence-corrected chi connectivity index (χ0v) is 10.3. The number of carbonyl (C=O) groups is 2. The number of pyridine rings is 1. The number of aromatic carboxylic acids is 1. The highest BCUT2D eigenvalue weighted by Crippen LogP contribution is 2.21. The number of nitrogens with zero attached hydrogens (tertiary/aromatic N) is 1. The number of hydrogen-bond acceptors (Lipinski definition) is 3. The summed E-state index contributed by atoms with van der Waals surface area (Å²) >= 11 is 0. The molecular formula is C13H15FN2O3. The van der Waals surface area contributed by atoms with E-state index in [0.29, 0.717) is 12.8 Å². The molecule has 1 aliphatic rings. The average Bonchev–Trinajstić information content (AvgIpc) is 2.41. The largest absolute Gasteiger partial charge is 0.478 e. The first kappa shape index (κ1) is 13.5. The van der Waals surface area contributed by atoms with Gasteiger partial charge in [-0.3, -0.25) is 9.78 Å². The molecule has 5 nitrogen and oxygen atoms in total. The molecule has 1 amide bonds. The van der Waals surface area contributed by atoms with Crippen LogP contribution in [-0.4, -0.2) is 34.2 Å². The van der Waals surface area contributed by atoms with E-state index < -0.39 is 24.1 Å². The summed E-state index contributed by atoms with van der Waals surface area (Å²) in [5.74, 6) is -1.63. The third-order valence-corrected chi connectivity index (χ3v) is 3.25. The molecule has 0 spiro atoms. The quantitative estimate of drug-likeness (QED) is 0.874. The predicted molar refractivity (Wildman–Crippen MR) is 65.8 cm³/mol. The number of carbonyl (C=O) groups excluding carboxylic acids is 1. The van der Waals surface area contributed by atoms with Crippen LogP contribution in [0, 0.1) is 0 Å². The van der Waals surface area contributed by atoms with E-state index in [1.165, 1.54) is 12.3 Å². The van der Waals surface area contributed by atoms with Crippen molar-refractivity contribution in [2.45, 2.75) is 37.9 Å². The molecule has 102 valence electrons. The summed E-state index contributed by atoms with van der Waals surface area (Å²) in [5, 5.41) is 11.4. The van der Waals surface area contributed by atoms with Crippen molar-refractivity contribution >= 4 is 11.9 Å². The second-order valence-electron chi connectivity index (χ2n) is 4.65. The van der Waals surface area contributed by atoms with E-state index in [1.807, 2.05) is 0 Å². The van der Waals surface area contributed by atoms with Gasteiger partial charge >= 0.3 is 5.97 Å². The molecule has 6 heteroatoms. The summed E-state index contributed by atoms with van der Waals surface area (Å²) in [4.78, 5) is 26.4. The Kier molecular flexibility index (Phi) is 4.09. The van der Waals surface area contributed by atoms with E-state index in [0.717, 1.165) is 19.0 Å². The van der Waals surface area contributed by atoms with Gasteiger partial charge in [0, 0.05) is 12.4 Å². The smallest absolute Gasteiger partial charge is 0.337 e. The third-order valence-electron chi connectivity index (χ3n) is 3.25. The predicted octanol–water partition coefficient (Wildman–Crippen LogP) is 1.79. The van der Waals surface area contributed by atoms with Crippen LogP contribution in [0.25, 0.3) is 0 Å². The lowest BCUT2D eigenvalue weighted by Crippen LogP contribution is -2.43. The average molecular weight is 266 g/mol. The van der Waals surface area contributed by atoms with Gasteiger partial charge in [0.2, 0.25) is 0 Å². The fourth-order valence-electron chi connectivity index (χ4n) is 2.18. The molecule has 0 aromatic carbocycles. The van der Waals surface area contributed by atoms with Crippen molar-refractivity contribution in [3.05, 3.63) is 29.6 Å². The van der Waals surface area contributed by atoms with Crippen LogP contribution >= 0.6 is 0 Å². The molecule has 1 aromatic heterocycles. The Hall–Kier alpha value is -1.98. The zero-order chi connectivity index (χ0) is 13.8. The summed E-state index contributed by atoms with van der Waals surface area (Å²) < 4.78 is 13.6. The van der Waals surface area contributed by atoms with Crippen LogP contribution in [0.4, 0.5) is 4.39 Å². The molecule has 1 saturated carbocycles. The van der Waals surface area contributed by atoms with Gasteiger partial charge < -0.3 is 10.4 Å². The third kappa shape index (κ3) is 3.27. The highest BCUT2D eigenvalue weighted by Gasteiger charge is 2.26. The minimum Gasteiger partial charge on any atom is -0.478 e. The minimum absolute atomic E-state index is 0.0620. The maximum atomic E-state index is 13.6. The monoisotopic (exact) mass is 266 g/mol. The number of aromatic nitrogens is 1. The molecule has 0 radical (unpaired) electrons. The fraction of sp³-hybridized carbons (Fsp3) is 0.462. The van der Waals surface area contributed by atoms with Gasteiger partial charge in [0.1, 0.15) is 6.17 Å². The van der Waals surface area contributed by atoms with E-state index in [4.69, 9.17) is 5.11 Å². The Balaban J connectivity index is 2.07. The number of halogens is 1. The molecule has 1 aliphatic carbocycles. The van der Waals surface area contributed by atoms with Crippen molar-refractivity contribution in [2.24, 2.45) is 0 Å². The van der Waals surface area contributed by atoms with Crippen molar-refractivity contribution in [2.75, 3.05) is 0 Å². The van der Waals surface area contributed by atoms with Crippen molar-refractivity contribution in [1.29, 1.82) is 0 Å². The van der Waals surface area contributed by atoms with Crippen LogP contribution in [0.15, 0.2) is 18.5 Å². The lowest BCUT2D eigenvalue weighted by Gasteiger charge is -2.26. The van der Waals surface area contributed by atoms with Gasteiger partial charge in [-0.15, -0.1) is 0 Å². The summed E-state index contributed by atoms with van der Waals surface area (Å²) in [6.07, 6.45) is 4.20. The van der Waals surface area contributed by atoms with Crippen molar-refractivity contribution < 1.29 is 19.1 Å². The Labute approximate surface area is 109 Å². The van der Waals surface area contributed by atoms with Crippen LogP contribution in [-0.2, 0) is 0 Å². The van der Waals surface area contributed by atoms with Gasteiger partial charge in [-0.05, 0) is 18.9 Å². The minimum atomic E-state index is -1.15. The summed E-state index contributed by atoms with van der Waals surface area (Å²) in [5.41, 5.74) is 0.0748. The highest BCUT2D eigenvalue weighted by atomic mass is 19.1. The first-order valence-electron chi connectivity index (χ1n) is 6.21. The van der Waals surface area contributed by atoms with Crippen LogP contribution in [0.2, 0.25) is 0 Å². The molecule has 2 rings (SSSR count). The van der Waals surface area contributed by atoms with E-state index >= 15 is 0 Å². The number of amides is 1. The molecule has 1 fully saturated rings. The SMILES string of the molecule is O=C(O)c1cncc(C(=O)N[C@@H]2CCCC[C@H]2F)c1. The van der Waals surface area contributed by atoms with Crippen LogP contribution in [0.5, 0.6) is 0 Å². The van der Waals surface area contributed by atoms with Gasteiger partial charge in [-0.2, -0.15) is 0 Å². The normalized spacial score (nSPS) is 22.8. The van der Waals surface area contributed by atoms with Crippen LogP contribution in [0.3, 0.4) is 0 Å².